The molecule has 0 saturated heterocycles. The van der Waals surface area contributed by atoms with Crippen molar-refractivity contribution >= 4 is 12.1 Å². The van der Waals surface area contributed by atoms with Gasteiger partial charge in [0.1, 0.15) is 0 Å². The van der Waals surface area contributed by atoms with Gasteiger partial charge in [0.25, 0.3) is 5.91 Å². The first-order valence-electron chi connectivity index (χ1n) is 7.06. The van der Waals surface area contributed by atoms with Gasteiger partial charge < -0.3 is 14.2 Å². The number of carbonyl (C=O) groups is 1. The summed E-state index contributed by atoms with van der Waals surface area (Å²) in [6, 6.07) is 11.1. The fraction of sp³-hybridized carbons (Fsp3) is 0.176. The Morgan fingerprint density at radius 1 is 1.12 bits per heavy atom. The molecule has 0 saturated carbocycles. The van der Waals surface area contributed by atoms with Crippen LogP contribution in [0.1, 0.15) is 5.56 Å². The van der Waals surface area contributed by atoms with Gasteiger partial charge in [0, 0.05) is 5.56 Å². The normalized spacial score (nSPS) is 10.5. The minimum atomic E-state index is -0.532. The first-order valence-corrected chi connectivity index (χ1v) is 7.06. The molecule has 0 spiro atoms. The summed E-state index contributed by atoms with van der Waals surface area (Å²) >= 11 is 0. The molecule has 0 heterocycles. The smallest absolute Gasteiger partial charge is 0.277 e. The summed E-state index contributed by atoms with van der Waals surface area (Å²) in [7, 11) is 3.04. The summed E-state index contributed by atoms with van der Waals surface area (Å²) < 4.78 is 28.9. The van der Waals surface area contributed by atoms with Crippen LogP contribution in [0.4, 0.5) is 4.39 Å². The van der Waals surface area contributed by atoms with Crippen molar-refractivity contribution in [1.82, 2.24) is 5.43 Å². The lowest BCUT2D eigenvalue weighted by molar-refractivity contribution is -0.123. The van der Waals surface area contributed by atoms with Crippen molar-refractivity contribution in [3.8, 4) is 17.2 Å². The molecule has 0 atom stereocenters. The number of ether oxygens (including phenoxy) is 3. The predicted octanol–water partition coefficient (Wildman–Crippen LogP) is 2.37. The molecule has 1 amide bonds. The van der Waals surface area contributed by atoms with Crippen LogP contribution in [0.25, 0.3) is 0 Å². The Balaban J connectivity index is 1.92. The molecule has 7 heteroatoms. The largest absolute Gasteiger partial charge is 0.493 e. The minimum Gasteiger partial charge on any atom is -0.493 e. The number of hydrogen-bond acceptors (Lipinski definition) is 5. The SMILES string of the molecule is COc1cccc(/C=N\NC(=O)COc2ccccc2F)c1OC. The van der Waals surface area contributed by atoms with Crippen molar-refractivity contribution in [3.05, 3.63) is 53.8 Å². The molecule has 24 heavy (non-hydrogen) atoms. The van der Waals surface area contributed by atoms with Gasteiger partial charge in [-0.3, -0.25) is 4.79 Å². The van der Waals surface area contributed by atoms with Gasteiger partial charge in [0.05, 0.1) is 20.4 Å². The van der Waals surface area contributed by atoms with E-state index < -0.39 is 11.7 Å². The average molecular weight is 332 g/mol. The molecule has 0 aliphatic rings. The zero-order valence-electron chi connectivity index (χ0n) is 13.3. The Labute approximate surface area is 138 Å². The maximum Gasteiger partial charge on any atom is 0.277 e. The van der Waals surface area contributed by atoms with Crippen LogP contribution in [0.15, 0.2) is 47.6 Å². The molecule has 0 aromatic heterocycles. The number of carbonyl (C=O) groups excluding carboxylic acids is 1. The molecule has 0 aliphatic heterocycles. The number of para-hydroxylation sites is 2. The van der Waals surface area contributed by atoms with Crippen molar-refractivity contribution in [2.24, 2.45) is 5.10 Å². The lowest BCUT2D eigenvalue weighted by Crippen LogP contribution is -2.24. The summed E-state index contributed by atoms with van der Waals surface area (Å²) in [6.07, 6.45) is 1.42. The number of nitrogens with one attached hydrogen (secondary N) is 1. The number of methoxy groups -OCH3 is 2. The van der Waals surface area contributed by atoms with Crippen LogP contribution in [0, 0.1) is 5.82 Å². The van der Waals surface area contributed by atoms with E-state index >= 15 is 0 Å². The number of rotatable bonds is 7. The third kappa shape index (κ3) is 4.45. The summed E-state index contributed by atoms with van der Waals surface area (Å²) in [5.41, 5.74) is 2.93. The Morgan fingerprint density at radius 3 is 2.58 bits per heavy atom. The maximum atomic E-state index is 13.4. The molecule has 2 aromatic carbocycles. The van der Waals surface area contributed by atoms with Gasteiger partial charge in [-0.05, 0) is 24.3 Å². The van der Waals surface area contributed by atoms with Crippen molar-refractivity contribution in [2.45, 2.75) is 0 Å². The summed E-state index contributed by atoms with van der Waals surface area (Å²) in [5, 5.41) is 3.83. The molecule has 0 unspecified atom stereocenters. The zero-order valence-corrected chi connectivity index (χ0v) is 13.3. The number of nitrogens with zero attached hydrogens (tertiary/aromatic N) is 1. The molecule has 0 radical (unpaired) electrons. The van der Waals surface area contributed by atoms with E-state index in [2.05, 4.69) is 10.5 Å². The molecule has 2 rings (SSSR count). The van der Waals surface area contributed by atoms with Crippen molar-refractivity contribution in [1.29, 1.82) is 0 Å². The van der Waals surface area contributed by atoms with Crippen LogP contribution >= 0.6 is 0 Å². The van der Waals surface area contributed by atoms with Crippen molar-refractivity contribution in [2.75, 3.05) is 20.8 Å². The molecule has 0 bridgehead atoms. The van der Waals surface area contributed by atoms with Crippen LogP contribution in [-0.4, -0.2) is 32.9 Å². The first-order chi connectivity index (χ1) is 11.7. The summed E-state index contributed by atoms with van der Waals surface area (Å²) in [5.74, 6) is 0.00801. The van der Waals surface area contributed by atoms with E-state index in [1.165, 1.54) is 38.6 Å². The van der Waals surface area contributed by atoms with Crippen molar-refractivity contribution in [3.63, 3.8) is 0 Å². The number of benzene rings is 2. The highest BCUT2D eigenvalue weighted by Gasteiger charge is 2.08. The zero-order chi connectivity index (χ0) is 17.4. The number of hydrazone groups is 1. The highest BCUT2D eigenvalue weighted by molar-refractivity contribution is 5.86. The van der Waals surface area contributed by atoms with Crippen LogP contribution in [0.5, 0.6) is 17.2 Å². The number of hydrogen-bond donors (Lipinski definition) is 1. The fourth-order valence-corrected chi connectivity index (χ4v) is 1.92. The van der Waals surface area contributed by atoms with E-state index in [4.69, 9.17) is 14.2 Å². The Morgan fingerprint density at radius 2 is 1.88 bits per heavy atom. The molecule has 126 valence electrons. The van der Waals surface area contributed by atoms with Gasteiger partial charge in [-0.25, -0.2) is 9.82 Å². The first kappa shape index (κ1) is 17.3. The summed E-state index contributed by atoms with van der Waals surface area (Å²) in [4.78, 5) is 11.7. The molecule has 2 aromatic rings. The highest BCUT2D eigenvalue weighted by Crippen LogP contribution is 2.29. The molecule has 6 nitrogen and oxygen atoms in total. The lowest BCUT2D eigenvalue weighted by Gasteiger charge is -2.09. The second-order valence-electron chi connectivity index (χ2n) is 4.60. The Kier molecular flexibility index (Phi) is 6.13. The summed E-state index contributed by atoms with van der Waals surface area (Å²) in [6.45, 7) is -0.354. The Hall–Kier alpha value is -3.09. The third-order valence-electron chi connectivity index (χ3n) is 3.02. The van der Waals surface area contributed by atoms with E-state index in [1.54, 1.807) is 24.3 Å². The molecular weight excluding hydrogens is 315 g/mol. The predicted molar refractivity (Wildman–Crippen MR) is 87.2 cm³/mol. The Bertz CT molecular complexity index is 734. The molecular formula is C17H17FN2O4. The van der Waals surface area contributed by atoms with E-state index in [0.717, 1.165) is 0 Å². The molecule has 0 fully saturated rings. The van der Waals surface area contributed by atoms with Crippen LogP contribution < -0.4 is 19.6 Å². The van der Waals surface area contributed by atoms with Crippen molar-refractivity contribution < 1.29 is 23.4 Å². The van der Waals surface area contributed by atoms with E-state index in [-0.39, 0.29) is 12.4 Å². The third-order valence-corrected chi connectivity index (χ3v) is 3.02. The van der Waals surface area contributed by atoms with Crippen LogP contribution in [0.2, 0.25) is 0 Å². The van der Waals surface area contributed by atoms with Gasteiger partial charge in [-0.1, -0.05) is 18.2 Å². The lowest BCUT2D eigenvalue weighted by atomic mass is 10.2. The highest BCUT2D eigenvalue weighted by atomic mass is 19.1. The average Bonchev–Trinajstić information content (AvgIpc) is 2.60. The van der Waals surface area contributed by atoms with E-state index in [9.17, 15) is 9.18 Å². The monoisotopic (exact) mass is 332 g/mol. The fourth-order valence-electron chi connectivity index (χ4n) is 1.92. The van der Waals surface area contributed by atoms with Crippen LogP contribution in [-0.2, 0) is 4.79 Å². The second-order valence-corrected chi connectivity index (χ2v) is 4.60. The standard InChI is InChI=1S/C17H17FN2O4/c1-22-15-9-5-6-12(17(15)23-2)10-19-20-16(21)11-24-14-8-4-3-7-13(14)18/h3-10H,11H2,1-2H3,(H,20,21)/b19-10-. The quantitative estimate of drug-likeness (QED) is 0.624. The second kappa shape index (κ2) is 8.52. The molecule has 0 aliphatic carbocycles. The van der Waals surface area contributed by atoms with Gasteiger partial charge in [0.15, 0.2) is 29.7 Å². The molecule has 1 N–H and O–H groups in total. The van der Waals surface area contributed by atoms with Gasteiger partial charge in [0.2, 0.25) is 0 Å². The van der Waals surface area contributed by atoms with Gasteiger partial charge in [-0.15, -0.1) is 0 Å². The number of amides is 1. The number of halogens is 1. The maximum absolute atomic E-state index is 13.4. The topological polar surface area (TPSA) is 69.2 Å². The minimum absolute atomic E-state index is 0.00564. The van der Waals surface area contributed by atoms with Gasteiger partial charge in [-0.2, -0.15) is 5.10 Å². The van der Waals surface area contributed by atoms with E-state index in [1.807, 2.05) is 0 Å². The van der Waals surface area contributed by atoms with Gasteiger partial charge >= 0.3 is 0 Å². The van der Waals surface area contributed by atoms with E-state index in [0.29, 0.717) is 17.1 Å². The van der Waals surface area contributed by atoms with Crippen LogP contribution in [0.3, 0.4) is 0 Å².